The number of halogens is 1. The van der Waals surface area contributed by atoms with E-state index in [-0.39, 0.29) is 24.7 Å². The number of esters is 1. The second-order valence-electron chi connectivity index (χ2n) is 9.34. The molecule has 218 valence electrons. The fourth-order valence-electron chi connectivity index (χ4n) is 4.47. The SMILES string of the molecule is CCOCCN(C)P(=O)(OC1=Nc2ccc(Br)cc2C(C2=CC=CCN2)=N[C@H]1CCC(=O)OC)N1CCOCC1. The molecule has 1 unspecified atom stereocenters. The second-order valence-corrected chi connectivity index (χ2v) is 12.7. The molecule has 4 rings (SSSR count). The Morgan fingerprint density at radius 3 is 2.83 bits per heavy atom. The molecule has 2 atom stereocenters. The molecular weight excluding hydrogens is 601 g/mol. The fraction of sp³-hybridized carbons (Fsp3) is 0.519. The van der Waals surface area contributed by atoms with E-state index < -0.39 is 13.7 Å². The van der Waals surface area contributed by atoms with Gasteiger partial charge in [-0.25, -0.2) is 18.9 Å². The van der Waals surface area contributed by atoms with Crippen molar-refractivity contribution in [1.29, 1.82) is 0 Å². The molecule has 0 spiro atoms. The van der Waals surface area contributed by atoms with Crippen LogP contribution in [0.3, 0.4) is 0 Å². The van der Waals surface area contributed by atoms with Gasteiger partial charge in [-0.1, -0.05) is 28.1 Å². The molecule has 1 aromatic carbocycles. The number of hydrogen-bond donors (Lipinski definition) is 1. The Morgan fingerprint density at radius 2 is 2.12 bits per heavy atom. The molecule has 0 aliphatic carbocycles. The van der Waals surface area contributed by atoms with E-state index in [1.807, 2.05) is 48.0 Å². The number of allylic oxidation sites excluding steroid dienone is 3. The maximum Gasteiger partial charge on any atom is 0.396 e. The molecule has 0 bridgehead atoms. The number of carbonyl (C=O) groups is 1. The lowest BCUT2D eigenvalue weighted by Crippen LogP contribution is -2.41. The monoisotopic (exact) mass is 637 g/mol. The van der Waals surface area contributed by atoms with Crippen molar-refractivity contribution in [3.8, 4) is 0 Å². The van der Waals surface area contributed by atoms with E-state index in [1.54, 1.807) is 11.7 Å². The van der Waals surface area contributed by atoms with Crippen LogP contribution in [0.5, 0.6) is 0 Å². The van der Waals surface area contributed by atoms with Crippen molar-refractivity contribution in [3.63, 3.8) is 0 Å². The topological polar surface area (TPSA) is 114 Å². The third kappa shape index (κ3) is 7.48. The van der Waals surface area contributed by atoms with E-state index in [1.165, 1.54) is 7.11 Å². The molecule has 13 heteroatoms. The van der Waals surface area contributed by atoms with Crippen LogP contribution in [0.4, 0.5) is 5.69 Å². The van der Waals surface area contributed by atoms with E-state index >= 15 is 0 Å². The van der Waals surface area contributed by atoms with Gasteiger partial charge in [0.1, 0.15) is 6.04 Å². The maximum absolute atomic E-state index is 14.8. The van der Waals surface area contributed by atoms with E-state index in [9.17, 15) is 9.36 Å². The van der Waals surface area contributed by atoms with Gasteiger partial charge in [0.15, 0.2) is 0 Å². The van der Waals surface area contributed by atoms with Crippen LogP contribution in [-0.4, -0.2) is 99.7 Å². The van der Waals surface area contributed by atoms with Crippen molar-refractivity contribution in [1.82, 2.24) is 14.7 Å². The molecule has 0 aromatic heterocycles. The Balaban J connectivity index is 1.79. The molecule has 11 nitrogen and oxygen atoms in total. The summed E-state index contributed by atoms with van der Waals surface area (Å²) in [6.07, 6.45) is 6.29. The summed E-state index contributed by atoms with van der Waals surface area (Å²) < 4.78 is 41.7. The summed E-state index contributed by atoms with van der Waals surface area (Å²) in [6.45, 7) is 5.69. The first-order valence-corrected chi connectivity index (χ1v) is 15.7. The van der Waals surface area contributed by atoms with Crippen molar-refractivity contribution in [2.45, 2.75) is 25.8 Å². The quantitative estimate of drug-likeness (QED) is 0.218. The van der Waals surface area contributed by atoms with Gasteiger partial charge in [0, 0.05) is 49.2 Å². The number of nitrogens with one attached hydrogen (secondary N) is 1. The lowest BCUT2D eigenvalue weighted by atomic mass is 10.0. The molecule has 0 amide bonds. The molecule has 3 aliphatic rings. The zero-order valence-corrected chi connectivity index (χ0v) is 25.7. The van der Waals surface area contributed by atoms with Crippen molar-refractivity contribution >= 4 is 46.9 Å². The number of morpholine rings is 1. The first-order valence-electron chi connectivity index (χ1n) is 13.4. The predicted octanol–water partition coefficient (Wildman–Crippen LogP) is 4.07. The van der Waals surface area contributed by atoms with Crippen LogP contribution < -0.4 is 5.32 Å². The number of carbonyl (C=O) groups excluding carboxylic acids is 1. The molecule has 1 aromatic rings. The Labute approximate surface area is 244 Å². The van der Waals surface area contributed by atoms with E-state index in [2.05, 4.69) is 21.2 Å². The largest absolute Gasteiger partial charge is 0.469 e. The van der Waals surface area contributed by atoms with Crippen molar-refractivity contribution < 1.29 is 28.1 Å². The third-order valence-electron chi connectivity index (χ3n) is 6.68. The van der Waals surface area contributed by atoms with Gasteiger partial charge in [0.25, 0.3) is 0 Å². The Morgan fingerprint density at radius 1 is 1.32 bits per heavy atom. The zero-order chi connectivity index (χ0) is 28.5. The molecule has 3 aliphatic heterocycles. The smallest absolute Gasteiger partial charge is 0.396 e. The van der Waals surface area contributed by atoms with E-state index in [0.717, 1.165) is 15.7 Å². The standard InChI is InChI=1S/C27H37BrN5O6P/c1-4-37-16-13-32(2)40(35,33-14-17-38-18-15-33)39-27-24(10-11-25(34)36-3)30-26(23-7-5-6-12-29-23)21-19-20(28)8-9-22(21)31-27/h5-9,19,24,29H,4,10-18H2,1-3H3/t24-,40?/m0/s1. The van der Waals surface area contributed by atoms with Gasteiger partial charge >= 0.3 is 13.6 Å². The number of nitrogens with zero attached hydrogens (tertiary/aromatic N) is 4. The maximum atomic E-state index is 14.8. The highest BCUT2D eigenvalue weighted by Crippen LogP contribution is 2.54. The normalized spacial score (nSPS) is 20.8. The molecule has 3 heterocycles. The van der Waals surface area contributed by atoms with Crippen molar-refractivity contribution in [3.05, 3.63) is 52.2 Å². The number of dihydropyridines is 1. The first kappa shape index (κ1) is 30.6. The predicted molar refractivity (Wildman–Crippen MR) is 158 cm³/mol. The summed E-state index contributed by atoms with van der Waals surface area (Å²) in [7, 11) is -0.523. The summed E-state index contributed by atoms with van der Waals surface area (Å²) in [4.78, 5) is 22.2. The summed E-state index contributed by atoms with van der Waals surface area (Å²) in [6, 6.07) is 5.03. The summed E-state index contributed by atoms with van der Waals surface area (Å²) in [5.41, 5.74) is 2.92. The molecule has 0 radical (unpaired) electrons. The van der Waals surface area contributed by atoms with Crippen molar-refractivity contribution in [2.75, 3.05) is 66.8 Å². The van der Waals surface area contributed by atoms with E-state index in [4.69, 9.17) is 28.7 Å². The number of aliphatic imine (C=N–C) groups is 2. The van der Waals surface area contributed by atoms with Crippen LogP contribution >= 0.6 is 23.6 Å². The highest BCUT2D eigenvalue weighted by Gasteiger charge is 2.42. The minimum Gasteiger partial charge on any atom is -0.469 e. The highest BCUT2D eigenvalue weighted by molar-refractivity contribution is 9.10. The Kier molecular flexibility index (Phi) is 11.1. The number of rotatable bonds is 11. The number of likely N-dealkylation sites (N-methyl/N-ethyl adjacent to an activating group) is 1. The number of benzene rings is 1. The number of hydrogen-bond acceptors (Lipinski definition) is 9. The van der Waals surface area contributed by atoms with Crippen LogP contribution in [0.25, 0.3) is 0 Å². The van der Waals surface area contributed by atoms with Crippen LogP contribution in [0.15, 0.2) is 56.6 Å². The molecule has 40 heavy (non-hydrogen) atoms. The molecule has 1 fully saturated rings. The van der Waals surface area contributed by atoms with Gasteiger partial charge in [-0.3, -0.25) is 9.79 Å². The summed E-state index contributed by atoms with van der Waals surface area (Å²) in [5.74, 6) is -0.184. The van der Waals surface area contributed by atoms with Crippen LogP contribution in [0.1, 0.15) is 25.3 Å². The van der Waals surface area contributed by atoms with Gasteiger partial charge in [-0.15, -0.1) is 0 Å². The molecular formula is C27H37BrN5O6P. The Bertz CT molecular complexity index is 1230. The first-order chi connectivity index (χ1) is 19.4. The van der Waals surface area contributed by atoms with Gasteiger partial charge < -0.3 is 24.1 Å². The number of methoxy groups -OCH3 is 1. The third-order valence-corrected chi connectivity index (χ3v) is 9.78. The average molecular weight is 638 g/mol. The summed E-state index contributed by atoms with van der Waals surface area (Å²) >= 11 is 3.58. The van der Waals surface area contributed by atoms with Gasteiger partial charge in [0.2, 0.25) is 5.90 Å². The lowest BCUT2D eigenvalue weighted by Gasteiger charge is -2.38. The molecule has 1 saturated heterocycles. The van der Waals surface area contributed by atoms with Crippen LogP contribution in [0.2, 0.25) is 0 Å². The molecule has 1 N–H and O–H groups in total. The Hall–Kier alpha value is -2.34. The van der Waals surface area contributed by atoms with Crippen molar-refractivity contribution in [2.24, 2.45) is 9.98 Å². The average Bonchev–Trinajstić information content (AvgIpc) is 3.13. The van der Waals surface area contributed by atoms with Gasteiger partial charge in [-0.2, -0.15) is 0 Å². The van der Waals surface area contributed by atoms with Gasteiger partial charge in [0.05, 0.1) is 44.0 Å². The second kappa shape index (κ2) is 14.5. The highest BCUT2D eigenvalue weighted by atomic mass is 79.9. The number of fused-ring (bicyclic) bond motifs is 1. The number of ether oxygens (including phenoxy) is 3. The summed E-state index contributed by atoms with van der Waals surface area (Å²) in [5, 5.41) is 3.38. The lowest BCUT2D eigenvalue weighted by molar-refractivity contribution is -0.140. The molecule has 0 saturated carbocycles. The fourth-order valence-corrected chi connectivity index (χ4v) is 6.93. The van der Waals surface area contributed by atoms with E-state index in [0.29, 0.717) is 64.0 Å². The van der Waals surface area contributed by atoms with Gasteiger partial charge in [-0.05, 0) is 44.7 Å². The van der Waals surface area contributed by atoms with Crippen LogP contribution in [0, 0.1) is 0 Å². The van der Waals surface area contributed by atoms with Crippen LogP contribution in [-0.2, 0) is 28.1 Å². The zero-order valence-electron chi connectivity index (χ0n) is 23.2. The minimum atomic E-state index is -3.64. The minimum absolute atomic E-state index is 0.0920.